The van der Waals surface area contributed by atoms with E-state index in [0.717, 1.165) is 30.6 Å². The quantitative estimate of drug-likeness (QED) is 0.546. The summed E-state index contributed by atoms with van der Waals surface area (Å²) < 4.78 is 4.08. The third-order valence-corrected chi connectivity index (χ3v) is 4.17. The molecule has 2 heterocycles. The molecule has 136 valence electrons. The van der Waals surface area contributed by atoms with Gasteiger partial charge in [0.25, 0.3) is 0 Å². The first-order valence-electron chi connectivity index (χ1n) is 8.73. The molecule has 0 unspecified atom stereocenters. The highest BCUT2D eigenvalue weighted by atomic mass is 15.3. The molecule has 1 N–H and O–H groups in total. The second-order valence-corrected chi connectivity index (χ2v) is 6.09. The number of aryl methyl sites for hydroxylation is 1. The molecule has 0 spiro atoms. The van der Waals surface area contributed by atoms with Crippen molar-refractivity contribution in [3.63, 3.8) is 0 Å². The number of para-hydroxylation sites is 1. The van der Waals surface area contributed by atoms with Gasteiger partial charge >= 0.3 is 0 Å². The van der Waals surface area contributed by atoms with Crippen LogP contribution < -0.4 is 5.32 Å². The van der Waals surface area contributed by atoms with Crippen LogP contribution >= 0.6 is 0 Å². The second kappa shape index (κ2) is 8.33. The molecule has 26 heavy (non-hydrogen) atoms. The molecule has 7 nitrogen and oxygen atoms in total. The molecule has 0 bridgehead atoms. The maximum atomic E-state index is 4.75. The first-order chi connectivity index (χ1) is 12.7. The Bertz CT molecular complexity index is 848. The Labute approximate surface area is 154 Å². The highest BCUT2D eigenvalue weighted by molar-refractivity contribution is 5.79. The minimum absolute atomic E-state index is 0.453. The molecule has 0 amide bonds. The van der Waals surface area contributed by atoms with E-state index in [1.807, 2.05) is 41.9 Å². The van der Waals surface area contributed by atoms with Gasteiger partial charge in [-0.3, -0.25) is 4.57 Å². The Morgan fingerprint density at radius 1 is 1.19 bits per heavy atom. The van der Waals surface area contributed by atoms with Gasteiger partial charge in [-0.15, -0.1) is 10.2 Å². The van der Waals surface area contributed by atoms with Gasteiger partial charge in [0.15, 0.2) is 11.8 Å². The zero-order valence-corrected chi connectivity index (χ0v) is 15.5. The maximum Gasteiger partial charge on any atom is 0.194 e. The number of aliphatic imine (C=N–C) groups is 1. The summed E-state index contributed by atoms with van der Waals surface area (Å²) in [6.45, 7) is 4.11. The van der Waals surface area contributed by atoms with Crippen molar-refractivity contribution in [3.8, 4) is 5.69 Å². The van der Waals surface area contributed by atoms with Crippen molar-refractivity contribution in [2.75, 3.05) is 13.6 Å². The highest BCUT2D eigenvalue weighted by Gasteiger charge is 2.10. The van der Waals surface area contributed by atoms with Crippen molar-refractivity contribution in [1.29, 1.82) is 0 Å². The zero-order chi connectivity index (χ0) is 18.4. The molecular formula is C19H25N7. The molecule has 0 saturated carbocycles. The van der Waals surface area contributed by atoms with E-state index in [0.29, 0.717) is 6.54 Å². The lowest BCUT2D eigenvalue weighted by Gasteiger charge is -2.22. The van der Waals surface area contributed by atoms with Crippen molar-refractivity contribution >= 4 is 5.96 Å². The number of aromatic nitrogens is 4. The smallest absolute Gasteiger partial charge is 0.194 e. The van der Waals surface area contributed by atoms with E-state index in [1.54, 1.807) is 6.33 Å². The minimum atomic E-state index is 0.453. The average Bonchev–Trinajstić information content (AvgIpc) is 3.28. The molecule has 7 heteroatoms. The van der Waals surface area contributed by atoms with E-state index >= 15 is 0 Å². The van der Waals surface area contributed by atoms with E-state index in [2.05, 4.69) is 57.3 Å². The van der Waals surface area contributed by atoms with Crippen LogP contribution in [0.15, 0.2) is 60.0 Å². The first-order valence-corrected chi connectivity index (χ1v) is 8.73. The average molecular weight is 351 g/mol. The van der Waals surface area contributed by atoms with Gasteiger partial charge in [-0.25, -0.2) is 4.99 Å². The normalized spacial score (nSPS) is 11.6. The molecule has 0 aliphatic rings. The molecule has 0 radical (unpaired) electrons. The molecule has 1 aromatic carbocycles. The molecule has 0 aliphatic carbocycles. The number of hydrogen-bond donors (Lipinski definition) is 1. The molecule has 2 aromatic heterocycles. The fourth-order valence-corrected chi connectivity index (χ4v) is 2.76. The monoisotopic (exact) mass is 351 g/mol. The van der Waals surface area contributed by atoms with Gasteiger partial charge in [-0.1, -0.05) is 18.2 Å². The number of nitrogens with zero attached hydrogens (tertiary/aromatic N) is 6. The Morgan fingerprint density at radius 2 is 2.00 bits per heavy atom. The predicted molar refractivity (Wildman–Crippen MR) is 103 cm³/mol. The molecule has 3 rings (SSSR count). The van der Waals surface area contributed by atoms with Crippen LogP contribution in [-0.4, -0.2) is 43.8 Å². The van der Waals surface area contributed by atoms with Crippen LogP contribution in [0.5, 0.6) is 0 Å². The van der Waals surface area contributed by atoms with Gasteiger partial charge in [0.2, 0.25) is 0 Å². The summed E-state index contributed by atoms with van der Waals surface area (Å²) in [7, 11) is 4.09. The topological polar surface area (TPSA) is 63.3 Å². The lowest BCUT2D eigenvalue weighted by molar-refractivity contribution is 0.461. The van der Waals surface area contributed by atoms with E-state index in [9.17, 15) is 0 Å². The second-order valence-electron chi connectivity index (χ2n) is 6.09. The number of rotatable bonds is 6. The SMILES string of the molecule is CCNC(=NCc1nncn1-c1ccccc1)N(C)Cc1cccn1C. The third kappa shape index (κ3) is 4.11. The van der Waals surface area contributed by atoms with E-state index in [4.69, 9.17) is 4.99 Å². The number of nitrogens with one attached hydrogen (secondary N) is 1. The van der Waals surface area contributed by atoms with Gasteiger partial charge in [-0.05, 0) is 31.2 Å². The summed E-state index contributed by atoms with van der Waals surface area (Å²) in [6, 6.07) is 14.2. The molecule has 3 aromatic rings. The van der Waals surface area contributed by atoms with Gasteiger partial charge < -0.3 is 14.8 Å². The van der Waals surface area contributed by atoms with Crippen molar-refractivity contribution in [1.82, 2.24) is 29.5 Å². The van der Waals surface area contributed by atoms with Crippen LogP contribution in [0.3, 0.4) is 0 Å². The minimum Gasteiger partial charge on any atom is -0.357 e. The van der Waals surface area contributed by atoms with Crippen LogP contribution in [0, 0.1) is 0 Å². The fraction of sp³-hybridized carbons (Fsp3) is 0.316. The summed E-state index contributed by atoms with van der Waals surface area (Å²) >= 11 is 0. The lowest BCUT2D eigenvalue weighted by atomic mass is 10.3. The largest absolute Gasteiger partial charge is 0.357 e. The van der Waals surface area contributed by atoms with Crippen molar-refractivity contribution in [2.45, 2.75) is 20.0 Å². The van der Waals surface area contributed by atoms with Crippen molar-refractivity contribution < 1.29 is 0 Å². The van der Waals surface area contributed by atoms with Gasteiger partial charge in [0.05, 0.1) is 6.54 Å². The molecule has 0 saturated heterocycles. The van der Waals surface area contributed by atoms with Crippen LogP contribution in [0.4, 0.5) is 0 Å². The van der Waals surface area contributed by atoms with Gasteiger partial charge in [0.1, 0.15) is 12.9 Å². The molecule has 0 atom stereocenters. The summed E-state index contributed by atoms with van der Waals surface area (Å²) in [5, 5.41) is 11.6. The summed E-state index contributed by atoms with van der Waals surface area (Å²) in [5.74, 6) is 1.65. The van der Waals surface area contributed by atoms with Gasteiger partial charge in [0, 0.05) is 38.2 Å². The maximum absolute atomic E-state index is 4.75. The summed E-state index contributed by atoms with van der Waals surface area (Å²) in [6.07, 6.45) is 3.77. The standard InChI is InChI=1S/C19H25N7/c1-4-20-19(25(3)14-17-11-8-12-24(17)2)21-13-18-23-22-15-26(18)16-9-6-5-7-10-16/h5-12,15H,4,13-14H2,1-3H3,(H,20,21). The predicted octanol–water partition coefficient (Wildman–Crippen LogP) is 2.20. The molecular weight excluding hydrogens is 326 g/mol. The van der Waals surface area contributed by atoms with E-state index < -0.39 is 0 Å². The van der Waals surface area contributed by atoms with Crippen LogP contribution in [0.1, 0.15) is 18.4 Å². The van der Waals surface area contributed by atoms with E-state index in [1.165, 1.54) is 5.69 Å². The Morgan fingerprint density at radius 3 is 2.69 bits per heavy atom. The number of guanidine groups is 1. The van der Waals surface area contributed by atoms with Crippen molar-refractivity contribution in [3.05, 3.63) is 66.5 Å². The summed E-state index contributed by atoms with van der Waals surface area (Å²) in [5.41, 5.74) is 2.26. The molecule has 0 fully saturated rings. The van der Waals surface area contributed by atoms with Crippen molar-refractivity contribution in [2.24, 2.45) is 12.0 Å². The summed E-state index contributed by atoms with van der Waals surface area (Å²) in [4.78, 5) is 6.86. The Hall–Kier alpha value is -3.09. The van der Waals surface area contributed by atoms with Crippen LogP contribution in [0.2, 0.25) is 0 Å². The Balaban J connectivity index is 1.76. The van der Waals surface area contributed by atoms with Crippen LogP contribution in [0.25, 0.3) is 5.69 Å². The number of hydrogen-bond acceptors (Lipinski definition) is 3. The highest BCUT2D eigenvalue weighted by Crippen LogP contribution is 2.10. The fourth-order valence-electron chi connectivity index (χ4n) is 2.76. The Kier molecular flexibility index (Phi) is 5.68. The zero-order valence-electron chi connectivity index (χ0n) is 15.5. The van der Waals surface area contributed by atoms with E-state index in [-0.39, 0.29) is 0 Å². The van der Waals surface area contributed by atoms with Crippen LogP contribution in [-0.2, 0) is 20.1 Å². The third-order valence-electron chi connectivity index (χ3n) is 4.17. The lowest BCUT2D eigenvalue weighted by Crippen LogP contribution is -2.38. The molecule has 0 aliphatic heterocycles. The number of benzene rings is 1. The first kappa shape index (κ1) is 17.7. The van der Waals surface area contributed by atoms with Gasteiger partial charge in [-0.2, -0.15) is 0 Å².